The molecular formula is C16H14FNO5. The zero-order valence-corrected chi connectivity index (χ0v) is 12.5. The van der Waals surface area contributed by atoms with Crippen LogP contribution in [0.1, 0.15) is 22.9 Å². The summed E-state index contributed by atoms with van der Waals surface area (Å²) in [5, 5.41) is 10.0. The van der Waals surface area contributed by atoms with E-state index in [0.717, 1.165) is 18.7 Å². The van der Waals surface area contributed by atoms with Gasteiger partial charge in [0, 0.05) is 19.4 Å². The average Bonchev–Trinajstić information content (AvgIpc) is 2.89. The number of oxazole rings is 1. The van der Waals surface area contributed by atoms with Crippen molar-refractivity contribution in [1.29, 1.82) is 0 Å². The lowest BCUT2D eigenvalue weighted by atomic mass is 10.1. The van der Waals surface area contributed by atoms with Crippen molar-refractivity contribution in [2.24, 2.45) is 0 Å². The van der Waals surface area contributed by atoms with Crippen LogP contribution in [0.2, 0.25) is 0 Å². The lowest BCUT2D eigenvalue weighted by molar-refractivity contribution is -0.149. The molecule has 0 saturated carbocycles. The van der Waals surface area contributed by atoms with E-state index in [1.54, 1.807) is 19.1 Å². The van der Waals surface area contributed by atoms with Gasteiger partial charge in [0.2, 0.25) is 0 Å². The molecule has 0 unspecified atom stereocenters. The second-order valence-electron chi connectivity index (χ2n) is 4.69. The largest absolute Gasteiger partial charge is 0.505 e. The van der Waals surface area contributed by atoms with Gasteiger partial charge in [0.05, 0.1) is 7.11 Å². The first-order valence-electron chi connectivity index (χ1n) is 6.64. The summed E-state index contributed by atoms with van der Waals surface area (Å²) >= 11 is 0. The molecule has 1 aromatic carbocycles. The lowest BCUT2D eigenvalue weighted by Gasteiger charge is -2.01. The van der Waals surface area contributed by atoms with Crippen LogP contribution in [-0.4, -0.2) is 29.0 Å². The Balaban J connectivity index is 2.29. The number of aryl methyl sites for hydroxylation is 1. The fraction of sp³-hybridized carbons (Fsp3) is 0.188. The predicted molar refractivity (Wildman–Crippen MR) is 78.1 cm³/mol. The summed E-state index contributed by atoms with van der Waals surface area (Å²) < 4.78 is 22.6. The van der Waals surface area contributed by atoms with E-state index in [1.165, 1.54) is 12.1 Å². The number of hydrogen-bond acceptors (Lipinski definition) is 6. The fourth-order valence-electron chi connectivity index (χ4n) is 1.93. The first kappa shape index (κ1) is 16.4. The molecule has 2 rings (SSSR count). The number of nitrogens with zero attached hydrogens (tertiary/aromatic N) is 1. The van der Waals surface area contributed by atoms with Crippen LogP contribution in [0.15, 0.2) is 34.8 Å². The lowest BCUT2D eigenvalue weighted by Crippen LogP contribution is -2.13. The number of methoxy groups -OCH3 is 1. The highest BCUT2D eigenvalue weighted by Gasteiger charge is 2.19. The van der Waals surface area contributed by atoms with Crippen molar-refractivity contribution in [2.45, 2.75) is 13.3 Å². The number of aliphatic hydroxyl groups excluding tert-OH is 1. The maximum atomic E-state index is 12.9. The van der Waals surface area contributed by atoms with Crippen molar-refractivity contribution in [1.82, 2.24) is 4.98 Å². The van der Waals surface area contributed by atoms with E-state index in [-0.39, 0.29) is 23.8 Å². The number of aromatic nitrogens is 1. The van der Waals surface area contributed by atoms with Gasteiger partial charge in [-0.05, 0) is 17.7 Å². The molecule has 2 aromatic rings. The highest BCUT2D eigenvalue weighted by molar-refractivity contribution is 6.39. The van der Waals surface area contributed by atoms with Gasteiger partial charge in [-0.1, -0.05) is 12.1 Å². The Kier molecular flexibility index (Phi) is 4.90. The monoisotopic (exact) mass is 319 g/mol. The second-order valence-corrected chi connectivity index (χ2v) is 4.69. The van der Waals surface area contributed by atoms with Crippen LogP contribution in [-0.2, 0) is 20.7 Å². The molecule has 1 heterocycles. The van der Waals surface area contributed by atoms with Crippen molar-refractivity contribution < 1.29 is 28.2 Å². The number of benzene rings is 1. The summed E-state index contributed by atoms with van der Waals surface area (Å²) in [6, 6.07) is 5.73. The number of carbonyl (C=O) groups is 2. The third kappa shape index (κ3) is 4.03. The molecule has 1 aromatic heterocycles. The van der Waals surface area contributed by atoms with E-state index in [0.29, 0.717) is 5.76 Å². The Bertz CT molecular complexity index is 761. The molecule has 0 aliphatic heterocycles. The van der Waals surface area contributed by atoms with Crippen molar-refractivity contribution in [2.75, 3.05) is 7.11 Å². The molecule has 1 N–H and O–H groups in total. The van der Waals surface area contributed by atoms with Gasteiger partial charge in [0.15, 0.2) is 5.89 Å². The first-order valence-corrected chi connectivity index (χ1v) is 6.64. The van der Waals surface area contributed by atoms with E-state index < -0.39 is 17.5 Å². The summed E-state index contributed by atoms with van der Waals surface area (Å²) in [5.41, 5.74) is 0.778. The maximum absolute atomic E-state index is 12.9. The number of rotatable bonds is 5. The molecule has 7 heteroatoms. The van der Waals surface area contributed by atoms with Crippen LogP contribution in [0.5, 0.6) is 0 Å². The molecule has 0 bridgehead atoms. The van der Waals surface area contributed by atoms with Gasteiger partial charge in [-0.2, -0.15) is 0 Å². The molecule has 0 saturated heterocycles. The molecule has 0 atom stereocenters. The predicted octanol–water partition coefficient (Wildman–Crippen LogP) is 2.35. The van der Waals surface area contributed by atoms with Gasteiger partial charge in [-0.15, -0.1) is 0 Å². The van der Waals surface area contributed by atoms with Gasteiger partial charge < -0.3 is 14.3 Å². The van der Waals surface area contributed by atoms with Gasteiger partial charge in [-0.25, -0.2) is 14.2 Å². The number of ketones is 1. The van der Waals surface area contributed by atoms with E-state index in [1.807, 2.05) is 0 Å². The summed E-state index contributed by atoms with van der Waals surface area (Å²) in [6.07, 6.45) is 0.956. The third-order valence-corrected chi connectivity index (χ3v) is 2.98. The molecule has 0 fully saturated rings. The van der Waals surface area contributed by atoms with Crippen molar-refractivity contribution in [3.05, 3.63) is 59.1 Å². The number of halogens is 1. The summed E-state index contributed by atoms with van der Waals surface area (Å²) in [7, 11) is 1.06. The second kappa shape index (κ2) is 6.87. The topological polar surface area (TPSA) is 89.6 Å². The Morgan fingerprint density at radius 3 is 2.61 bits per heavy atom. The minimum atomic E-state index is -1.10. The molecule has 0 aliphatic carbocycles. The number of ether oxygens (including phenoxy) is 1. The molecule has 0 spiro atoms. The SMILES string of the molecule is COC(=O)C(=O)C=C(O)c1nc(C)oc1Cc1ccc(F)cc1. The zero-order valence-electron chi connectivity index (χ0n) is 12.5. The summed E-state index contributed by atoms with van der Waals surface area (Å²) in [6.45, 7) is 1.58. The van der Waals surface area contributed by atoms with Gasteiger partial charge in [-0.3, -0.25) is 4.79 Å². The highest BCUT2D eigenvalue weighted by Crippen LogP contribution is 2.21. The van der Waals surface area contributed by atoms with Crippen LogP contribution in [0.3, 0.4) is 0 Å². The Labute approximate surface area is 131 Å². The molecule has 0 aliphatic rings. The normalized spacial score (nSPS) is 11.3. The van der Waals surface area contributed by atoms with Crippen molar-refractivity contribution >= 4 is 17.5 Å². The number of carbonyl (C=O) groups excluding carboxylic acids is 2. The Morgan fingerprint density at radius 2 is 2.00 bits per heavy atom. The van der Waals surface area contributed by atoms with Crippen LogP contribution >= 0.6 is 0 Å². The summed E-state index contributed by atoms with van der Waals surface area (Å²) in [5.74, 6) is -2.41. The molecule has 23 heavy (non-hydrogen) atoms. The standard InChI is InChI=1S/C16H14FNO5/c1-9-18-15(12(19)8-13(20)16(21)22-2)14(23-9)7-10-3-5-11(17)6-4-10/h3-6,8,19H,7H2,1-2H3. The number of hydrogen-bond donors (Lipinski definition) is 1. The van der Waals surface area contributed by atoms with E-state index in [2.05, 4.69) is 9.72 Å². The first-order chi connectivity index (χ1) is 10.9. The van der Waals surface area contributed by atoms with Crippen molar-refractivity contribution in [3.63, 3.8) is 0 Å². The highest BCUT2D eigenvalue weighted by atomic mass is 19.1. The summed E-state index contributed by atoms with van der Waals surface area (Å²) in [4.78, 5) is 26.5. The molecule has 0 amide bonds. The van der Waals surface area contributed by atoms with Gasteiger partial charge >= 0.3 is 5.97 Å². The van der Waals surface area contributed by atoms with Crippen LogP contribution in [0.4, 0.5) is 4.39 Å². The fourth-order valence-corrected chi connectivity index (χ4v) is 1.93. The average molecular weight is 319 g/mol. The minimum Gasteiger partial charge on any atom is -0.505 e. The quantitative estimate of drug-likeness (QED) is 0.394. The van der Waals surface area contributed by atoms with E-state index in [9.17, 15) is 19.1 Å². The molecular weight excluding hydrogens is 305 g/mol. The maximum Gasteiger partial charge on any atom is 0.378 e. The minimum absolute atomic E-state index is 0.0454. The smallest absolute Gasteiger partial charge is 0.378 e. The van der Waals surface area contributed by atoms with Crippen LogP contribution in [0, 0.1) is 12.7 Å². The Morgan fingerprint density at radius 1 is 1.35 bits per heavy atom. The van der Waals surface area contributed by atoms with Gasteiger partial charge in [0.1, 0.15) is 23.0 Å². The van der Waals surface area contributed by atoms with E-state index >= 15 is 0 Å². The number of aliphatic hydroxyl groups is 1. The third-order valence-electron chi connectivity index (χ3n) is 2.98. The molecule has 0 radical (unpaired) electrons. The van der Waals surface area contributed by atoms with Gasteiger partial charge in [0.25, 0.3) is 5.78 Å². The van der Waals surface area contributed by atoms with Crippen molar-refractivity contribution in [3.8, 4) is 0 Å². The van der Waals surface area contributed by atoms with Crippen LogP contribution < -0.4 is 0 Å². The zero-order chi connectivity index (χ0) is 17.0. The molecule has 6 nitrogen and oxygen atoms in total. The van der Waals surface area contributed by atoms with E-state index in [4.69, 9.17) is 4.42 Å². The number of esters is 1. The molecule has 120 valence electrons. The Hall–Kier alpha value is -2.96. The van der Waals surface area contributed by atoms with Crippen LogP contribution in [0.25, 0.3) is 5.76 Å².